The molecule has 0 aliphatic rings. The number of aromatic nitrogens is 4. The summed E-state index contributed by atoms with van der Waals surface area (Å²) in [5.41, 5.74) is 3.27. The molecule has 156 valence electrons. The van der Waals surface area contributed by atoms with E-state index in [4.69, 9.17) is 0 Å². The van der Waals surface area contributed by atoms with Crippen molar-refractivity contribution in [3.05, 3.63) is 112 Å². The second-order valence-electron chi connectivity index (χ2n) is 7.25. The number of carbonyl (C=O) groups is 1. The predicted molar refractivity (Wildman–Crippen MR) is 118 cm³/mol. The van der Waals surface area contributed by atoms with Crippen molar-refractivity contribution in [2.75, 3.05) is 6.54 Å². The maximum absolute atomic E-state index is 12.8. The number of carbonyl (C=O) groups excluding carboxylic acids is 1. The molecule has 0 aliphatic carbocycles. The lowest BCUT2D eigenvalue weighted by Gasteiger charge is -2.18. The number of nitrogens with zero attached hydrogens (tertiary/aromatic N) is 3. The fourth-order valence-corrected chi connectivity index (χ4v) is 3.64. The lowest BCUT2D eigenvalue weighted by molar-refractivity contribution is 0.0952. The molecule has 0 unspecified atom stereocenters. The molecule has 0 saturated carbocycles. The summed E-state index contributed by atoms with van der Waals surface area (Å²) >= 11 is 0. The Morgan fingerprint density at radius 3 is 2.23 bits per heavy atom. The highest BCUT2D eigenvalue weighted by atomic mass is 16.1. The monoisotopic (exact) mass is 413 g/mol. The Balaban J connectivity index is 1.46. The van der Waals surface area contributed by atoms with E-state index in [9.17, 15) is 9.59 Å². The first-order chi connectivity index (χ1) is 15.1. The van der Waals surface area contributed by atoms with E-state index in [-0.39, 0.29) is 17.4 Å². The van der Waals surface area contributed by atoms with Crippen molar-refractivity contribution in [2.45, 2.75) is 19.3 Å². The van der Waals surface area contributed by atoms with Gasteiger partial charge >= 0.3 is 0 Å². The quantitative estimate of drug-likeness (QED) is 0.487. The summed E-state index contributed by atoms with van der Waals surface area (Å²) in [4.78, 5) is 24.0. The van der Waals surface area contributed by atoms with Gasteiger partial charge in [-0.2, -0.15) is 10.2 Å². The number of rotatable bonds is 7. The van der Waals surface area contributed by atoms with Crippen LogP contribution in [0.3, 0.4) is 0 Å². The van der Waals surface area contributed by atoms with Gasteiger partial charge in [0.25, 0.3) is 11.5 Å². The van der Waals surface area contributed by atoms with Gasteiger partial charge in [-0.25, -0.2) is 9.78 Å². The van der Waals surface area contributed by atoms with Gasteiger partial charge in [0.1, 0.15) is 0 Å². The van der Waals surface area contributed by atoms with Crippen LogP contribution in [-0.2, 0) is 0 Å². The zero-order valence-corrected chi connectivity index (χ0v) is 17.2. The van der Waals surface area contributed by atoms with Crippen LogP contribution < -0.4 is 10.9 Å². The lowest BCUT2D eigenvalue weighted by Crippen LogP contribution is -2.26. The molecule has 1 amide bonds. The van der Waals surface area contributed by atoms with E-state index in [1.54, 1.807) is 13.0 Å². The van der Waals surface area contributed by atoms with Gasteiger partial charge in [-0.05, 0) is 30.5 Å². The largest absolute Gasteiger partial charge is 0.352 e. The molecule has 4 rings (SSSR count). The van der Waals surface area contributed by atoms with Crippen molar-refractivity contribution >= 4 is 5.91 Å². The first-order valence-electron chi connectivity index (χ1n) is 10.1. The lowest BCUT2D eigenvalue weighted by atomic mass is 9.88. The second kappa shape index (κ2) is 9.21. The number of hydrogen-bond acceptors (Lipinski definition) is 4. The molecule has 0 spiro atoms. The van der Waals surface area contributed by atoms with Crippen molar-refractivity contribution in [1.29, 1.82) is 0 Å². The van der Waals surface area contributed by atoms with Crippen molar-refractivity contribution in [3.63, 3.8) is 0 Å². The molecule has 0 aliphatic heterocycles. The SMILES string of the molecule is Cc1c(C(=O)NCCC(c2ccccc2)c2ccccc2)cnn1-c1ccc(=O)[nH]n1. The van der Waals surface area contributed by atoms with Gasteiger partial charge in [0.2, 0.25) is 0 Å². The summed E-state index contributed by atoms with van der Waals surface area (Å²) in [7, 11) is 0. The Hall–Kier alpha value is -4.00. The van der Waals surface area contributed by atoms with Gasteiger partial charge < -0.3 is 5.32 Å². The van der Waals surface area contributed by atoms with Crippen molar-refractivity contribution in [2.24, 2.45) is 0 Å². The van der Waals surface area contributed by atoms with Crippen LogP contribution in [0.2, 0.25) is 0 Å². The van der Waals surface area contributed by atoms with Gasteiger partial charge in [0.05, 0.1) is 17.5 Å². The Morgan fingerprint density at radius 1 is 1.00 bits per heavy atom. The van der Waals surface area contributed by atoms with Gasteiger partial charge in [0.15, 0.2) is 5.82 Å². The fraction of sp³-hybridized carbons (Fsp3) is 0.167. The molecule has 2 aromatic heterocycles. The van der Waals surface area contributed by atoms with Crippen molar-refractivity contribution in [3.8, 4) is 5.82 Å². The summed E-state index contributed by atoms with van der Waals surface area (Å²) in [6, 6.07) is 23.5. The molecule has 0 fully saturated rings. The zero-order chi connectivity index (χ0) is 21.6. The Bertz CT molecular complexity index is 1160. The third-order valence-corrected chi connectivity index (χ3v) is 5.26. The number of nitrogens with one attached hydrogen (secondary N) is 2. The summed E-state index contributed by atoms with van der Waals surface area (Å²) in [6.45, 7) is 2.32. The first-order valence-corrected chi connectivity index (χ1v) is 10.1. The third kappa shape index (κ3) is 4.61. The summed E-state index contributed by atoms with van der Waals surface area (Å²) in [5.74, 6) is 0.453. The molecule has 0 atom stereocenters. The summed E-state index contributed by atoms with van der Waals surface area (Å²) in [5, 5.41) is 13.6. The van der Waals surface area contributed by atoms with Crippen molar-refractivity contribution in [1.82, 2.24) is 25.3 Å². The zero-order valence-electron chi connectivity index (χ0n) is 17.2. The van der Waals surface area contributed by atoms with Crippen LogP contribution in [-0.4, -0.2) is 32.4 Å². The number of benzene rings is 2. The minimum atomic E-state index is -0.294. The van der Waals surface area contributed by atoms with Crippen LogP contribution in [0.5, 0.6) is 0 Å². The highest BCUT2D eigenvalue weighted by molar-refractivity contribution is 5.95. The molecule has 7 nitrogen and oxygen atoms in total. The fourth-order valence-electron chi connectivity index (χ4n) is 3.64. The average Bonchev–Trinajstić information content (AvgIpc) is 3.19. The molecule has 2 aromatic carbocycles. The van der Waals surface area contributed by atoms with E-state index in [2.05, 4.69) is 44.9 Å². The molecule has 31 heavy (non-hydrogen) atoms. The maximum atomic E-state index is 12.8. The van der Waals surface area contributed by atoms with Crippen LogP contribution in [0.15, 0.2) is 83.8 Å². The van der Waals surface area contributed by atoms with Crippen LogP contribution in [0.25, 0.3) is 5.82 Å². The molecule has 2 heterocycles. The van der Waals surface area contributed by atoms with Gasteiger partial charge in [-0.15, -0.1) is 0 Å². The van der Waals surface area contributed by atoms with Crippen LogP contribution in [0, 0.1) is 6.92 Å². The molecule has 2 N–H and O–H groups in total. The molecular formula is C24H23N5O2. The highest BCUT2D eigenvalue weighted by Crippen LogP contribution is 2.27. The van der Waals surface area contributed by atoms with E-state index in [0.29, 0.717) is 23.6 Å². The summed E-state index contributed by atoms with van der Waals surface area (Å²) in [6.07, 6.45) is 2.29. The van der Waals surface area contributed by atoms with E-state index in [1.807, 2.05) is 36.4 Å². The van der Waals surface area contributed by atoms with Crippen molar-refractivity contribution < 1.29 is 4.79 Å². The Kier molecular flexibility index (Phi) is 6.03. The standard InChI is InChI=1S/C24H23N5O2/c1-17-21(16-26-29(17)22-12-13-23(30)28-27-22)24(31)25-15-14-20(18-8-4-2-5-9-18)19-10-6-3-7-11-19/h2-13,16,20H,14-15H2,1H3,(H,25,31)(H,28,30). The van der Waals surface area contributed by atoms with Crippen LogP contribution in [0.4, 0.5) is 0 Å². The van der Waals surface area contributed by atoms with Gasteiger partial charge in [-0.3, -0.25) is 9.59 Å². The Morgan fingerprint density at radius 2 is 1.65 bits per heavy atom. The third-order valence-electron chi connectivity index (χ3n) is 5.26. The number of hydrogen-bond donors (Lipinski definition) is 2. The van der Waals surface area contributed by atoms with Crippen LogP contribution in [0.1, 0.15) is 39.5 Å². The molecule has 4 aromatic rings. The van der Waals surface area contributed by atoms with Gasteiger partial charge in [-0.1, -0.05) is 60.7 Å². The van der Waals surface area contributed by atoms with E-state index < -0.39 is 0 Å². The highest BCUT2D eigenvalue weighted by Gasteiger charge is 2.18. The molecule has 0 radical (unpaired) electrons. The normalized spacial score (nSPS) is 10.9. The minimum Gasteiger partial charge on any atom is -0.352 e. The van der Waals surface area contributed by atoms with E-state index in [1.165, 1.54) is 28.1 Å². The van der Waals surface area contributed by atoms with Gasteiger partial charge in [0, 0.05) is 18.5 Å². The number of aromatic amines is 1. The topological polar surface area (TPSA) is 92.7 Å². The van der Waals surface area contributed by atoms with E-state index >= 15 is 0 Å². The number of amides is 1. The minimum absolute atomic E-state index is 0.187. The smallest absolute Gasteiger partial charge is 0.264 e. The molecule has 0 bridgehead atoms. The first kappa shape index (κ1) is 20.3. The van der Waals surface area contributed by atoms with Crippen LogP contribution >= 0.6 is 0 Å². The Labute approximate surface area is 179 Å². The molecular weight excluding hydrogens is 390 g/mol. The molecule has 7 heteroatoms. The average molecular weight is 413 g/mol. The molecule has 0 saturated heterocycles. The number of H-pyrrole nitrogens is 1. The predicted octanol–water partition coefficient (Wildman–Crippen LogP) is 3.22. The maximum Gasteiger partial charge on any atom is 0.264 e. The second-order valence-corrected chi connectivity index (χ2v) is 7.25. The van der Waals surface area contributed by atoms with E-state index in [0.717, 1.165) is 6.42 Å². The summed E-state index contributed by atoms with van der Waals surface area (Å²) < 4.78 is 1.53.